The van der Waals surface area contributed by atoms with Crippen molar-refractivity contribution in [3.8, 4) is 11.5 Å². The van der Waals surface area contributed by atoms with Gasteiger partial charge in [0.1, 0.15) is 0 Å². The van der Waals surface area contributed by atoms with E-state index in [1.165, 1.54) is 25.3 Å². The molecule has 27 heavy (non-hydrogen) atoms. The second-order valence-electron chi connectivity index (χ2n) is 5.77. The van der Waals surface area contributed by atoms with Gasteiger partial charge in [0.15, 0.2) is 11.5 Å². The van der Waals surface area contributed by atoms with E-state index < -0.39 is 6.61 Å². The monoisotopic (exact) mass is 375 g/mol. The molecule has 0 aromatic heterocycles. The van der Waals surface area contributed by atoms with Gasteiger partial charge in [0.25, 0.3) is 0 Å². The number of nitrogens with one attached hydrogen (secondary N) is 1. The molecule has 2 rings (SSSR count). The first-order valence-corrected chi connectivity index (χ1v) is 8.71. The van der Waals surface area contributed by atoms with E-state index in [1.807, 2.05) is 32.0 Å². The average molecular weight is 375 g/mol. The molecule has 0 fully saturated rings. The van der Waals surface area contributed by atoms with E-state index in [-0.39, 0.29) is 17.4 Å². The molecule has 144 valence electrons. The Balaban J connectivity index is 2.16. The van der Waals surface area contributed by atoms with Gasteiger partial charge in [-0.15, -0.1) is 0 Å². The van der Waals surface area contributed by atoms with Crippen molar-refractivity contribution in [3.05, 3.63) is 59.2 Å². The first-order valence-electron chi connectivity index (χ1n) is 8.71. The van der Waals surface area contributed by atoms with E-state index in [2.05, 4.69) is 10.1 Å². The molecule has 2 aromatic carbocycles. The quantitative estimate of drug-likeness (QED) is 0.655. The van der Waals surface area contributed by atoms with Gasteiger partial charge in [-0.3, -0.25) is 4.79 Å². The van der Waals surface area contributed by atoms with Crippen molar-refractivity contribution in [3.63, 3.8) is 0 Å². The topological polar surface area (TPSA) is 47.6 Å². The Morgan fingerprint density at radius 2 is 1.78 bits per heavy atom. The maximum atomic E-state index is 12.4. The minimum Gasteiger partial charge on any atom is -0.493 e. The molecular formula is C21H23F2NO3. The molecule has 4 nitrogen and oxygen atoms in total. The largest absolute Gasteiger partial charge is 0.493 e. The third-order valence-corrected chi connectivity index (χ3v) is 4.08. The molecule has 0 bridgehead atoms. The Morgan fingerprint density at radius 1 is 1.11 bits per heavy atom. The second-order valence-corrected chi connectivity index (χ2v) is 5.77. The van der Waals surface area contributed by atoms with Crippen LogP contribution in [0.15, 0.2) is 42.5 Å². The Bertz CT molecular complexity index is 797. The van der Waals surface area contributed by atoms with Gasteiger partial charge in [-0.05, 0) is 47.7 Å². The van der Waals surface area contributed by atoms with Gasteiger partial charge in [0.05, 0.1) is 7.11 Å². The first-order chi connectivity index (χ1) is 13.0. The van der Waals surface area contributed by atoms with Gasteiger partial charge in [-0.1, -0.05) is 38.1 Å². The van der Waals surface area contributed by atoms with E-state index in [4.69, 9.17) is 4.74 Å². The van der Waals surface area contributed by atoms with Gasteiger partial charge >= 0.3 is 6.61 Å². The van der Waals surface area contributed by atoms with Crippen molar-refractivity contribution in [2.45, 2.75) is 33.3 Å². The summed E-state index contributed by atoms with van der Waals surface area (Å²) in [6, 6.07) is 10.4. The van der Waals surface area contributed by atoms with E-state index >= 15 is 0 Å². The van der Waals surface area contributed by atoms with Crippen LogP contribution in [0.4, 0.5) is 14.5 Å². The molecule has 1 amide bonds. The number of para-hydroxylation sites is 1. The molecule has 0 saturated heterocycles. The number of alkyl halides is 2. The Labute approximate surface area is 157 Å². The third-order valence-electron chi connectivity index (χ3n) is 4.08. The van der Waals surface area contributed by atoms with E-state index in [0.717, 1.165) is 29.7 Å². The summed E-state index contributed by atoms with van der Waals surface area (Å²) in [5.74, 6) is -0.154. The Hall–Kier alpha value is -2.89. The van der Waals surface area contributed by atoms with Gasteiger partial charge < -0.3 is 14.8 Å². The lowest BCUT2D eigenvalue weighted by Crippen LogP contribution is -2.11. The van der Waals surface area contributed by atoms with Gasteiger partial charge in [0, 0.05) is 11.8 Å². The lowest BCUT2D eigenvalue weighted by Gasteiger charge is -2.13. The minimum atomic E-state index is -2.93. The molecular weight excluding hydrogens is 352 g/mol. The second kappa shape index (κ2) is 9.71. The van der Waals surface area contributed by atoms with Crippen LogP contribution in [0.5, 0.6) is 11.5 Å². The summed E-state index contributed by atoms with van der Waals surface area (Å²) >= 11 is 0. The van der Waals surface area contributed by atoms with Crippen LogP contribution in [-0.2, 0) is 17.6 Å². The van der Waals surface area contributed by atoms with Crippen molar-refractivity contribution < 1.29 is 23.0 Å². The number of aryl methyl sites for hydroxylation is 2. The summed E-state index contributed by atoms with van der Waals surface area (Å²) in [4.78, 5) is 12.3. The Morgan fingerprint density at radius 3 is 2.33 bits per heavy atom. The van der Waals surface area contributed by atoms with Gasteiger partial charge in [-0.25, -0.2) is 0 Å². The highest BCUT2D eigenvalue weighted by Gasteiger charge is 2.11. The van der Waals surface area contributed by atoms with Crippen LogP contribution in [0.1, 0.15) is 30.5 Å². The number of hydrogen-bond donors (Lipinski definition) is 1. The molecule has 0 aliphatic carbocycles. The normalized spacial score (nSPS) is 11.0. The molecule has 0 aliphatic heterocycles. The lowest BCUT2D eigenvalue weighted by atomic mass is 10.0. The molecule has 0 saturated carbocycles. The lowest BCUT2D eigenvalue weighted by molar-refractivity contribution is -0.111. The summed E-state index contributed by atoms with van der Waals surface area (Å²) in [6.07, 6.45) is 4.62. The molecule has 0 radical (unpaired) electrons. The maximum absolute atomic E-state index is 12.4. The summed E-state index contributed by atoms with van der Waals surface area (Å²) in [5.41, 5.74) is 3.62. The highest BCUT2D eigenvalue weighted by Crippen LogP contribution is 2.30. The molecule has 0 unspecified atom stereocenters. The van der Waals surface area contributed by atoms with Crippen molar-refractivity contribution in [2.24, 2.45) is 0 Å². The number of anilines is 1. The summed E-state index contributed by atoms with van der Waals surface area (Å²) < 4.78 is 34.2. The zero-order valence-electron chi connectivity index (χ0n) is 15.6. The number of methoxy groups -OCH3 is 1. The summed E-state index contributed by atoms with van der Waals surface area (Å²) in [7, 11) is 1.36. The number of amides is 1. The number of carbonyl (C=O) groups is 1. The predicted octanol–water partition coefficient (Wildman–Crippen LogP) is 5.07. The van der Waals surface area contributed by atoms with Crippen LogP contribution in [0.25, 0.3) is 6.08 Å². The molecule has 0 atom stereocenters. The van der Waals surface area contributed by atoms with Crippen molar-refractivity contribution in [2.75, 3.05) is 12.4 Å². The van der Waals surface area contributed by atoms with Crippen LogP contribution in [0, 0.1) is 0 Å². The van der Waals surface area contributed by atoms with Crippen LogP contribution in [0.2, 0.25) is 0 Å². The molecule has 0 spiro atoms. The van der Waals surface area contributed by atoms with Gasteiger partial charge in [-0.2, -0.15) is 8.78 Å². The van der Waals surface area contributed by atoms with Crippen molar-refractivity contribution >= 4 is 17.7 Å². The SMILES string of the molecule is CCc1cccc(CC)c1NC(=O)/C=C\c1ccc(OC(F)F)c(OC)c1. The standard InChI is InChI=1S/C21H23F2NO3/c1-4-15-7-6-8-16(5-2)20(15)24-19(25)12-10-14-9-11-17(27-21(22)23)18(13-14)26-3/h6-13,21H,4-5H2,1-3H3,(H,24,25)/b12-10-. The predicted molar refractivity (Wildman–Crippen MR) is 102 cm³/mol. The molecule has 6 heteroatoms. The maximum Gasteiger partial charge on any atom is 0.387 e. The fraction of sp³-hybridized carbons (Fsp3) is 0.286. The first kappa shape index (κ1) is 20.4. The van der Waals surface area contributed by atoms with E-state index in [9.17, 15) is 13.6 Å². The molecule has 2 aromatic rings. The minimum absolute atomic E-state index is 0.0569. The summed E-state index contributed by atoms with van der Waals surface area (Å²) in [5, 5.41) is 2.94. The van der Waals surface area contributed by atoms with Crippen LogP contribution in [-0.4, -0.2) is 19.6 Å². The van der Waals surface area contributed by atoms with Gasteiger partial charge in [0.2, 0.25) is 5.91 Å². The highest BCUT2D eigenvalue weighted by molar-refractivity contribution is 6.02. The number of rotatable bonds is 8. The number of hydrogen-bond acceptors (Lipinski definition) is 3. The van der Waals surface area contributed by atoms with E-state index in [0.29, 0.717) is 5.56 Å². The third kappa shape index (κ3) is 5.54. The summed E-state index contributed by atoms with van der Waals surface area (Å²) in [6.45, 7) is 1.14. The average Bonchev–Trinajstić information content (AvgIpc) is 2.66. The van der Waals surface area contributed by atoms with Crippen LogP contribution >= 0.6 is 0 Å². The van der Waals surface area contributed by atoms with Crippen molar-refractivity contribution in [1.82, 2.24) is 0 Å². The zero-order valence-corrected chi connectivity index (χ0v) is 15.6. The fourth-order valence-corrected chi connectivity index (χ4v) is 2.72. The molecule has 1 N–H and O–H groups in total. The molecule has 0 heterocycles. The van der Waals surface area contributed by atoms with Crippen molar-refractivity contribution in [1.29, 1.82) is 0 Å². The number of halogens is 2. The number of ether oxygens (including phenoxy) is 2. The smallest absolute Gasteiger partial charge is 0.387 e. The fourth-order valence-electron chi connectivity index (χ4n) is 2.72. The number of carbonyl (C=O) groups excluding carboxylic acids is 1. The number of benzene rings is 2. The zero-order chi connectivity index (χ0) is 19.8. The highest BCUT2D eigenvalue weighted by atomic mass is 19.3. The van der Waals surface area contributed by atoms with Crippen LogP contribution < -0.4 is 14.8 Å². The van der Waals surface area contributed by atoms with Crippen LogP contribution in [0.3, 0.4) is 0 Å². The van der Waals surface area contributed by atoms with E-state index in [1.54, 1.807) is 12.1 Å². The molecule has 0 aliphatic rings. The Kier molecular flexibility index (Phi) is 7.34.